The summed E-state index contributed by atoms with van der Waals surface area (Å²) >= 11 is 0. The van der Waals surface area contributed by atoms with Gasteiger partial charge in [0.15, 0.2) is 11.6 Å². The Morgan fingerprint density at radius 3 is 2.19 bits per heavy atom. The van der Waals surface area contributed by atoms with Crippen LogP contribution < -0.4 is 9.80 Å². The molecule has 2 aromatic rings. The van der Waals surface area contributed by atoms with Crippen molar-refractivity contribution in [3.8, 4) is 0 Å². The SMILES string of the molecule is O=C1C[C@H](N2CCN(c3ccccc3)CC2)C(=O)N1c1ccc(F)c(F)c1. The lowest BCUT2D eigenvalue weighted by molar-refractivity contribution is -0.123. The van der Waals surface area contributed by atoms with Crippen molar-refractivity contribution in [1.29, 1.82) is 0 Å². The smallest absolute Gasteiger partial charge is 0.251 e. The standard InChI is InChI=1S/C20H19F2N3O2/c21-16-7-6-15(12-17(16)22)25-19(26)13-18(20(25)27)24-10-8-23(9-11-24)14-4-2-1-3-5-14/h1-7,12,18H,8-11,13H2/t18-/m0/s1. The molecule has 0 N–H and O–H groups in total. The number of imide groups is 1. The van der Waals surface area contributed by atoms with Crippen LogP contribution in [0.1, 0.15) is 6.42 Å². The molecule has 2 aliphatic heterocycles. The van der Waals surface area contributed by atoms with E-state index < -0.39 is 17.7 Å². The van der Waals surface area contributed by atoms with Crippen LogP contribution in [0.3, 0.4) is 0 Å². The second-order valence-corrected chi connectivity index (χ2v) is 6.74. The summed E-state index contributed by atoms with van der Waals surface area (Å²) in [5.41, 5.74) is 1.21. The number of hydrogen-bond donors (Lipinski definition) is 0. The zero-order chi connectivity index (χ0) is 19.0. The molecule has 5 nitrogen and oxygen atoms in total. The maximum Gasteiger partial charge on any atom is 0.251 e. The summed E-state index contributed by atoms with van der Waals surface area (Å²) in [6.07, 6.45) is 0.0587. The quantitative estimate of drug-likeness (QED) is 0.778. The number of halogens is 2. The normalized spacial score (nSPS) is 21.2. The third kappa shape index (κ3) is 3.30. The molecular weight excluding hydrogens is 352 g/mol. The van der Waals surface area contributed by atoms with Crippen LogP contribution in [-0.4, -0.2) is 48.9 Å². The maximum absolute atomic E-state index is 13.5. The van der Waals surface area contributed by atoms with Gasteiger partial charge < -0.3 is 4.90 Å². The molecule has 0 aliphatic carbocycles. The van der Waals surface area contributed by atoms with Crippen LogP contribution >= 0.6 is 0 Å². The van der Waals surface area contributed by atoms with Crippen molar-refractivity contribution in [3.63, 3.8) is 0 Å². The van der Waals surface area contributed by atoms with Gasteiger partial charge in [0, 0.05) is 37.9 Å². The molecule has 4 rings (SSSR count). The number of rotatable bonds is 3. The van der Waals surface area contributed by atoms with E-state index in [9.17, 15) is 18.4 Å². The van der Waals surface area contributed by atoms with Gasteiger partial charge in [0.25, 0.3) is 5.91 Å². The number of para-hydroxylation sites is 1. The van der Waals surface area contributed by atoms with E-state index in [0.29, 0.717) is 13.1 Å². The first kappa shape index (κ1) is 17.6. The van der Waals surface area contributed by atoms with E-state index in [2.05, 4.69) is 4.90 Å². The zero-order valence-electron chi connectivity index (χ0n) is 14.6. The van der Waals surface area contributed by atoms with Crippen LogP contribution in [0.5, 0.6) is 0 Å². The molecule has 2 aromatic carbocycles. The Bertz CT molecular complexity index is 867. The number of nitrogens with zero attached hydrogens (tertiary/aromatic N) is 3. The van der Waals surface area contributed by atoms with Crippen molar-refractivity contribution in [3.05, 3.63) is 60.2 Å². The number of hydrogen-bond acceptors (Lipinski definition) is 4. The van der Waals surface area contributed by atoms with Gasteiger partial charge in [-0.15, -0.1) is 0 Å². The molecule has 0 aromatic heterocycles. The van der Waals surface area contributed by atoms with Gasteiger partial charge in [-0.25, -0.2) is 13.7 Å². The van der Waals surface area contributed by atoms with E-state index in [1.165, 1.54) is 6.07 Å². The average molecular weight is 371 g/mol. The minimum absolute atomic E-state index is 0.0587. The van der Waals surface area contributed by atoms with Gasteiger partial charge in [-0.1, -0.05) is 18.2 Å². The molecular formula is C20H19F2N3O2. The molecule has 0 bridgehead atoms. The summed E-state index contributed by atoms with van der Waals surface area (Å²) in [6, 6.07) is 12.6. The number of amides is 2. The largest absolute Gasteiger partial charge is 0.369 e. The van der Waals surface area contributed by atoms with Gasteiger partial charge in [0.05, 0.1) is 18.2 Å². The van der Waals surface area contributed by atoms with Crippen LogP contribution in [0.15, 0.2) is 48.5 Å². The topological polar surface area (TPSA) is 43.9 Å². The van der Waals surface area contributed by atoms with Gasteiger partial charge >= 0.3 is 0 Å². The fraction of sp³-hybridized carbons (Fsp3) is 0.300. The van der Waals surface area contributed by atoms with Crippen molar-refractivity contribution in [2.75, 3.05) is 36.0 Å². The first-order chi connectivity index (χ1) is 13.0. The van der Waals surface area contributed by atoms with Crippen molar-refractivity contribution < 1.29 is 18.4 Å². The monoisotopic (exact) mass is 371 g/mol. The highest BCUT2D eigenvalue weighted by atomic mass is 19.2. The molecule has 0 unspecified atom stereocenters. The highest BCUT2D eigenvalue weighted by molar-refractivity contribution is 6.22. The molecule has 140 valence electrons. The fourth-order valence-corrected chi connectivity index (χ4v) is 3.73. The van der Waals surface area contributed by atoms with E-state index in [0.717, 1.165) is 35.8 Å². The first-order valence-corrected chi connectivity index (χ1v) is 8.90. The summed E-state index contributed by atoms with van der Waals surface area (Å²) in [4.78, 5) is 30.4. The van der Waals surface area contributed by atoms with Crippen molar-refractivity contribution in [2.24, 2.45) is 0 Å². The van der Waals surface area contributed by atoms with Crippen LogP contribution in [-0.2, 0) is 9.59 Å². The third-order valence-corrected chi connectivity index (χ3v) is 5.16. The highest BCUT2D eigenvalue weighted by Gasteiger charge is 2.43. The van der Waals surface area contributed by atoms with Crippen LogP contribution in [0.25, 0.3) is 0 Å². The molecule has 7 heteroatoms. The van der Waals surface area contributed by atoms with Crippen LogP contribution in [0.4, 0.5) is 20.2 Å². The summed E-state index contributed by atoms with van der Waals surface area (Å²) in [5, 5.41) is 0. The Balaban J connectivity index is 1.45. The van der Waals surface area contributed by atoms with Gasteiger partial charge in [0.1, 0.15) is 0 Å². The number of carbonyl (C=O) groups is 2. The molecule has 2 saturated heterocycles. The van der Waals surface area contributed by atoms with E-state index in [4.69, 9.17) is 0 Å². The molecule has 27 heavy (non-hydrogen) atoms. The van der Waals surface area contributed by atoms with Crippen LogP contribution in [0, 0.1) is 11.6 Å². The molecule has 1 atom stereocenters. The predicted molar refractivity (Wildman–Crippen MR) is 97.5 cm³/mol. The molecule has 0 spiro atoms. The Morgan fingerprint density at radius 1 is 0.815 bits per heavy atom. The molecule has 0 saturated carbocycles. The minimum Gasteiger partial charge on any atom is -0.369 e. The van der Waals surface area contributed by atoms with Gasteiger partial charge in [-0.05, 0) is 24.3 Å². The number of carbonyl (C=O) groups excluding carboxylic acids is 2. The maximum atomic E-state index is 13.5. The molecule has 2 fully saturated rings. The second kappa shape index (κ2) is 7.08. The average Bonchev–Trinajstić information content (AvgIpc) is 2.99. The predicted octanol–water partition coefficient (Wildman–Crippen LogP) is 2.42. The second-order valence-electron chi connectivity index (χ2n) is 6.74. The van der Waals surface area contributed by atoms with Gasteiger partial charge in [-0.2, -0.15) is 0 Å². The molecule has 2 aliphatic rings. The van der Waals surface area contributed by atoms with Crippen molar-refractivity contribution in [2.45, 2.75) is 12.5 Å². The summed E-state index contributed by atoms with van der Waals surface area (Å²) in [5.74, 6) is -2.85. The van der Waals surface area contributed by atoms with E-state index in [1.807, 2.05) is 35.2 Å². The first-order valence-electron chi connectivity index (χ1n) is 8.90. The van der Waals surface area contributed by atoms with Crippen molar-refractivity contribution >= 4 is 23.2 Å². The lowest BCUT2D eigenvalue weighted by atomic mass is 10.1. The van der Waals surface area contributed by atoms with Gasteiger partial charge in [0.2, 0.25) is 5.91 Å². The third-order valence-electron chi connectivity index (χ3n) is 5.16. The fourth-order valence-electron chi connectivity index (χ4n) is 3.73. The zero-order valence-corrected chi connectivity index (χ0v) is 14.6. The number of anilines is 2. The van der Waals surface area contributed by atoms with E-state index >= 15 is 0 Å². The molecule has 2 amide bonds. The minimum atomic E-state index is -1.08. The Morgan fingerprint density at radius 2 is 1.52 bits per heavy atom. The van der Waals surface area contributed by atoms with E-state index in [-0.39, 0.29) is 23.9 Å². The van der Waals surface area contributed by atoms with Crippen LogP contribution in [0.2, 0.25) is 0 Å². The summed E-state index contributed by atoms with van der Waals surface area (Å²) < 4.78 is 26.7. The van der Waals surface area contributed by atoms with Gasteiger partial charge in [-0.3, -0.25) is 14.5 Å². The lowest BCUT2D eigenvalue weighted by Gasteiger charge is -2.38. The molecule has 2 heterocycles. The lowest BCUT2D eigenvalue weighted by Crippen LogP contribution is -2.52. The number of piperazine rings is 1. The Hall–Kier alpha value is -2.80. The van der Waals surface area contributed by atoms with E-state index in [1.54, 1.807) is 0 Å². The molecule has 0 radical (unpaired) electrons. The van der Waals surface area contributed by atoms with Crippen molar-refractivity contribution in [1.82, 2.24) is 4.90 Å². The summed E-state index contributed by atoms with van der Waals surface area (Å²) in [6.45, 7) is 2.83. The Kier molecular flexibility index (Phi) is 4.61. The number of benzene rings is 2. The summed E-state index contributed by atoms with van der Waals surface area (Å²) in [7, 11) is 0. The Labute approximate surface area is 155 Å². The highest BCUT2D eigenvalue weighted by Crippen LogP contribution is 2.28.